The molecule has 0 aliphatic carbocycles. The Labute approximate surface area is 116 Å². The number of rotatable bonds is 2. The van der Waals surface area contributed by atoms with Crippen LogP contribution in [0.15, 0.2) is 18.2 Å². The van der Waals surface area contributed by atoms with Crippen LogP contribution in [0.4, 0.5) is 10.1 Å². The van der Waals surface area contributed by atoms with Crippen molar-refractivity contribution >= 4 is 21.8 Å². The number of benzene rings is 1. The lowest BCUT2D eigenvalue weighted by molar-refractivity contribution is 0.0697. The van der Waals surface area contributed by atoms with Crippen molar-refractivity contribution in [3.05, 3.63) is 29.6 Å². The molecule has 0 spiro atoms. The lowest BCUT2D eigenvalue weighted by atomic mass is 10.1. The van der Waals surface area contributed by atoms with Crippen LogP contribution in [-0.2, 0) is 10.2 Å². The fourth-order valence-corrected chi connectivity index (χ4v) is 2.74. The SMILES string of the molecule is Nc1cc(F)cc(C(=O)N2CCN(S(N)(=O)=O)CC2)c1. The molecule has 1 aromatic carbocycles. The summed E-state index contributed by atoms with van der Waals surface area (Å²) in [5, 5.41) is 5.01. The first-order valence-electron chi connectivity index (χ1n) is 5.90. The molecule has 0 bridgehead atoms. The monoisotopic (exact) mass is 302 g/mol. The normalized spacial score (nSPS) is 17.2. The molecule has 0 radical (unpaired) electrons. The Morgan fingerprint density at radius 1 is 1.15 bits per heavy atom. The second-order valence-electron chi connectivity index (χ2n) is 4.51. The number of nitrogen functional groups attached to an aromatic ring is 1. The van der Waals surface area contributed by atoms with Gasteiger partial charge in [0.2, 0.25) is 0 Å². The van der Waals surface area contributed by atoms with Gasteiger partial charge in [-0.15, -0.1) is 0 Å². The number of piperazine rings is 1. The standard InChI is InChI=1S/C11H15FN4O3S/c12-9-5-8(6-10(13)7-9)11(17)15-1-3-16(4-2-15)20(14,18)19/h5-7H,1-4,13H2,(H2,14,18,19). The lowest BCUT2D eigenvalue weighted by Gasteiger charge is -2.33. The first kappa shape index (κ1) is 14.7. The van der Waals surface area contributed by atoms with E-state index in [1.54, 1.807) is 0 Å². The maximum Gasteiger partial charge on any atom is 0.277 e. The molecule has 1 amide bonds. The molecule has 1 aliphatic rings. The number of hydrogen-bond donors (Lipinski definition) is 2. The Kier molecular flexibility index (Phi) is 3.93. The van der Waals surface area contributed by atoms with Gasteiger partial charge in [0.15, 0.2) is 0 Å². The van der Waals surface area contributed by atoms with E-state index < -0.39 is 16.0 Å². The smallest absolute Gasteiger partial charge is 0.277 e. The number of carbonyl (C=O) groups excluding carboxylic acids is 1. The summed E-state index contributed by atoms with van der Waals surface area (Å²) in [6, 6.07) is 3.61. The van der Waals surface area contributed by atoms with Gasteiger partial charge in [0.05, 0.1) is 0 Å². The molecule has 1 aromatic rings. The Morgan fingerprint density at radius 3 is 2.25 bits per heavy atom. The number of anilines is 1. The predicted molar refractivity (Wildman–Crippen MR) is 71.4 cm³/mol. The highest BCUT2D eigenvalue weighted by atomic mass is 32.2. The van der Waals surface area contributed by atoms with Crippen molar-refractivity contribution < 1.29 is 17.6 Å². The molecule has 2 rings (SSSR count). The molecule has 4 N–H and O–H groups in total. The molecule has 1 fully saturated rings. The molecular weight excluding hydrogens is 287 g/mol. The summed E-state index contributed by atoms with van der Waals surface area (Å²) in [7, 11) is -3.74. The van der Waals surface area contributed by atoms with Gasteiger partial charge < -0.3 is 10.6 Å². The van der Waals surface area contributed by atoms with Crippen LogP contribution in [0, 0.1) is 5.82 Å². The predicted octanol–water partition coefficient (Wildman–Crippen LogP) is -0.631. The topological polar surface area (TPSA) is 110 Å². The van der Waals surface area contributed by atoms with Crippen molar-refractivity contribution in [3.63, 3.8) is 0 Å². The van der Waals surface area contributed by atoms with Gasteiger partial charge >= 0.3 is 0 Å². The zero-order valence-corrected chi connectivity index (χ0v) is 11.4. The molecule has 0 saturated carbocycles. The van der Waals surface area contributed by atoms with Gasteiger partial charge in [0, 0.05) is 37.4 Å². The second-order valence-corrected chi connectivity index (χ2v) is 6.06. The summed E-state index contributed by atoms with van der Waals surface area (Å²) < 4.78 is 36.6. The van der Waals surface area contributed by atoms with Crippen molar-refractivity contribution in [3.8, 4) is 0 Å². The first-order chi connectivity index (χ1) is 9.27. The minimum absolute atomic E-state index is 0.120. The first-order valence-corrected chi connectivity index (χ1v) is 7.41. The maximum absolute atomic E-state index is 13.2. The van der Waals surface area contributed by atoms with Crippen LogP contribution in [0.5, 0.6) is 0 Å². The third-order valence-electron chi connectivity index (χ3n) is 3.05. The summed E-state index contributed by atoms with van der Waals surface area (Å²) in [4.78, 5) is 13.6. The third-order valence-corrected chi connectivity index (χ3v) is 4.14. The molecule has 0 unspecified atom stereocenters. The average Bonchev–Trinajstić information content (AvgIpc) is 2.36. The zero-order chi connectivity index (χ0) is 14.9. The van der Waals surface area contributed by atoms with Gasteiger partial charge in [-0.1, -0.05) is 0 Å². The van der Waals surface area contributed by atoms with Gasteiger partial charge in [-0.05, 0) is 18.2 Å². The molecule has 110 valence electrons. The Bertz CT molecular complexity index is 606. The minimum Gasteiger partial charge on any atom is -0.399 e. The number of amides is 1. The number of carbonyl (C=O) groups is 1. The van der Waals surface area contributed by atoms with Gasteiger partial charge in [-0.2, -0.15) is 12.7 Å². The molecule has 1 aliphatic heterocycles. The number of nitrogens with two attached hydrogens (primary N) is 2. The zero-order valence-electron chi connectivity index (χ0n) is 10.6. The molecule has 1 saturated heterocycles. The van der Waals surface area contributed by atoms with Crippen LogP contribution in [0.3, 0.4) is 0 Å². The van der Waals surface area contributed by atoms with E-state index in [4.69, 9.17) is 10.9 Å². The van der Waals surface area contributed by atoms with Crippen molar-refractivity contribution in [2.45, 2.75) is 0 Å². The van der Waals surface area contributed by atoms with E-state index in [0.29, 0.717) is 0 Å². The molecule has 7 nitrogen and oxygen atoms in total. The second kappa shape index (κ2) is 5.35. The van der Waals surface area contributed by atoms with Crippen molar-refractivity contribution in [2.24, 2.45) is 5.14 Å². The molecule has 0 atom stereocenters. The molecule has 1 heterocycles. The van der Waals surface area contributed by atoms with E-state index in [9.17, 15) is 17.6 Å². The quantitative estimate of drug-likeness (QED) is 0.709. The molecule has 9 heteroatoms. The number of nitrogens with zero attached hydrogens (tertiary/aromatic N) is 2. The van der Waals surface area contributed by atoms with Gasteiger partial charge in [0.25, 0.3) is 16.1 Å². The summed E-state index contributed by atoms with van der Waals surface area (Å²) in [5.74, 6) is -0.971. The van der Waals surface area contributed by atoms with Crippen molar-refractivity contribution in [1.29, 1.82) is 0 Å². The third kappa shape index (κ3) is 3.24. The Hall–Kier alpha value is -1.71. The average molecular weight is 302 g/mol. The van der Waals surface area contributed by atoms with Crippen LogP contribution in [0.1, 0.15) is 10.4 Å². The van der Waals surface area contributed by atoms with E-state index >= 15 is 0 Å². The molecular formula is C11H15FN4O3S. The summed E-state index contributed by atoms with van der Waals surface area (Å²) in [5.41, 5.74) is 5.80. The minimum atomic E-state index is -3.74. The summed E-state index contributed by atoms with van der Waals surface area (Å²) in [6.07, 6.45) is 0. The van der Waals surface area contributed by atoms with Crippen LogP contribution in [-0.4, -0.2) is 49.7 Å². The lowest BCUT2D eigenvalue weighted by Crippen LogP contribution is -2.52. The fraction of sp³-hybridized carbons (Fsp3) is 0.364. The van der Waals surface area contributed by atoms with E-state index in [2.05, 4.69) is 0 Å². The molecule has 0 aromatic heterocycles. The van der Waals surface area contributed by atoms with Crippen LogP contribution < -0.4 is 10.9 Å². The highest BCUT2D eigenvalue weighted by Gasteiger charge is 2.27. The van der Waals surface area contributed by atoms with E-state index in [-0.39, 0.29) is 43.3 Å². The number of halogens is 1. The highest BCUT2D eigenvalue weighted by molar-refractivity contribution is 7.86. The molecule has 20 heavy (non-hydrogen) atoms. The van der Waals surface area contributed by atoms with Gasteiger partial charge in [0.1, 0.15) is 5.82 Å². The maximum atomic E-state index is 13.2. The van der Waals surface area contributed by atoms with Crippen LogP contribution in [0.2, 0.25) is 0 Å². The van der Waals surface area contributed by atoms with Crippen molar-refractivity contribution in [2.75, 3.05) is 31.9 Å². The Balaban J connectivity index is 2.09. The van der Waals surface area contributed by atoms with Crippen molar-refractivity contribution in [1.82, 2.24) is 9.21 Å². The largest absolute Gasteiger partial charge is 0.399 e. The van der Waals surface area contributed by atoms with E-state index in [0.717, 1.165) is 16.4 Å². The van der Waals surface area contributed by atoms with Crippen LogP contribution >= 0.6 is 0 Å². The summed E-state index contributed by atoms with van der Waals surface area (Å²) >= 11 is 0. The summed E-state index contributed by atoms with van der Waals surface area (Å²) in [6.45, 7) is 0.641. The van der Waals surface area contributed by atoms with Gasteiger partial charge in [-0.3, -0.25) is 4.79 Å². The Morgan fingerprint density at radius 2 is 1.75 bits per heavy atom. The van der Waals surface area contributed by atoms with E-state index in [1.165, 1.54) is 11.0 Å². The number of hydrogen-bond acceptors (Lipinski definition) is 4. The fourth-order valence-electron chi connectivity index (χ4n) is 2.06. The van der Waals surface area contributed by atoms with Gasteiger partial charge in [-0.25, -0.2) is 9.53 Å². The highest BCUT2D eigenvalue weighted by Crippen LogP contribution is 2.15. The van der Waals surface area contributed by atoms with E-state index in [1.807, 2.05) is 0 Å². The van der Waals surface area contributed by atoms with Crippen LogP contribution in [0.25, 0.3) is 0 Å².